The lowest BCUT2D eigenvalue weighted by atomic mass is 10.2. The number of anilines is 1. The largest absolute Gasteiger partial charge is 0.355 e. The van der Waals surface area contributed by atoms with Crippen LogP contribution < -0.4 is 4.90 Å². The van der Waals surface area contributed by atoms with Crippen LogP contribution in [0.1, 0.15) is 0 Å². The van der Waals surface area contributed by atoms with Gasteiger partial charge in [0.25, 0.3) is 5.69 Å². The number of likely N-dealkylation sites (N-methyl/N-ethyl adjacent to an activating group) is 1. The van der Waals surface area contributed by atoms with Crippen LogP contribution in [0.5, 0.6) is 0 Å². The van der Waals surface area contributed by atoms with Crippen molar-refractivity contribution in [2.45, 2.75) is 0 Å². The molecule has 0 saturated carbocycles. The maximum absolute atomic E-state index is 10.8. The van der Waals surface area contributed by atoms with Crippen molar-refractivity contribution in [3.63, 3.8) is 0 Å². The first kappa shape index (κ1) is 13.2. The lowest BCUT2D eigenvalue weighted by molar-refractivity contribution is -0.384. The Kier molecular flexibility index (Phi) is 3.62. The molecule has 0 bridgehead atoms. The number of nitro groups is 1. The lowest BCUT2D eigenvalue weighted by Crippen LogP contribution is -2.18. The van der Waals surface area contributed by atoms with Crippen LogP contribution in [-0.2, 0) is 0 Å². The zero-order valence-electron chi connectivity index (χ0n) is 10.2. The Balaban J connectivity index is 2.68. The van der Waals surface area contributed by atoms with Crippen LogP contribution >= 0.6 is 11.6 Å². The molecule has 98 valence electrons. The second kappa shape index (κ2) is 5.19. The van der Waals surface area contributed by atoms with Crippen LogP contribution in [0.4, 0.5) is 11.5 Å². The van der Waals surface area contributed by atoms with Gasteiger partial charge in [-0.25, -0.2) is 4.98 Å². The summed E-state index contributed by atoms with van der Waals surface area (Å²) in [4.78, 5) is 20.4. The van der Waals surface area contributed by atoms with Gasteiger partial charge < -0.3 is 4.90 Å². The predicted molar refractivity (Wildman–Crippen MR) is 74.7 cm³/mol. The van der Waals surface area contributed by atoms with E-state index in [1.807, 2.05) is 0 Å². The first-order valence-corrected chi connectivity index (χ1v) is 5.84. The van der Waals surface area contributed by atoms with Gasteiger partial charge in [-0.2, -0.15) is 4.98 Å². The van der Waals surface area contributed by atoms with Crippen LogP contribution in [0.3, 0.4) is 0 Å². The zero-order valence-corrected chi connectivity index (χ0v) is 11.0. The fourth-order valence-electron chi connectivity index (χ4n) is 1.76. The topological polar surface area (TPSA) is 72.2 Å². The summed E-state index contributed by atoms with van der Waals surface area (Å²) in [5.41, 5.74) is 0.559. The molecule has 7 heteroatoms. The van der Waals surface area contributed by atoms with Crippen molar-refractivity contribution in [3.05, 3.63) is 46.3 Å². The molecular formula is C12H11ClN4O2. The Morgan fingerprint density at radius 1 is 1.53 bits per heavy atom. The number of benzene rings is 1. The Hall–Kier alpha value is -2.21. The van der Waals surface area contributed by atoms with E-state index in [1.54, 1.807) is 24.1 Å². The average Bonchev–Trinajstić information content (AvgIpc) is 2.37. The van der Waals surface area contributed by atoms with E-state index in [9.17, 15) is 10.1 Å². The van der Waals surface area contributed by atoms with Gasteiger partial charge in [0.1, 0.15) is 5.82 Å². The van der Waals surface area contributed by atoms with Gasteiger partial charge in [0.05, 0.1) is 10.4 Å². The second-order valence-corrected chi connectivity index (χ2v) is 4.28. The van der Waals surface area contributed by atoms with Crippen LogP contribution in [0, 0.1) is 10.1 Å². The van der Waals surface area contributed by atoms with Crippen LogP contribution in [0.2, 0.25) is 5.28 Å². The van der Waals surface area contributed by atoms with E-state index < -0.39 is 4.92 Å². The number of hydrogen-bond acceptors (Lipinski definition) is 5. The molecule has 0 amide bonds. The van der Waals surface area contributed by atoms with E-state index in [4.69, 9.17) is 11.6 Å². The SMILES string of the molecule is C=CCN(C)c1nc(Cl)nc2ccc([N+](=O)[O-])cc12. The van der Waals surface area contributed by atoms with Crippen molar-refractivity contribution in [2.24, 2.45) is 0 Å². The van der Waals surface area contributed by atoms with Gasteiger partial charge in [-0.15, -0.1) is 6.58 Å². The molecule has 2 rings (SSSR count). The molecule has 0 aliphatic rings. The molecule has 0 saturated heterocycles. The second-order valence-electron chi connectivity index (χ2n) is 3.94. The average molecular weight is 279 g/mol. The molecule has 0 aliphatic heterocycles. The van der Waals surface area contributed by atoms with Gasteiger partial charge in [0, 0.05) is 31.1 Å². The highest BCUT2D eigenvalue weighted by Crippen LogP contribution is 2.28. The van der Waals surface area contributed by atoms with E-state index in [1.165, 1.54) is 12.1 Å². The molecule has 0 spiro atoms. The lowest BCUT2D eigenvalue weighted by Gasteiger charge is -2.17. The first-order valence-electron chi connectivity index (χ1n) is 5.46. The Labute approximate surface area is 114 Å². The summed E-state index contributed by atoms with van der Waals surface area (Å²) in [5.74, 6) is 0.540. The highest BCUT2D eigenvalue weighted by molar-refractivity contribution is 6.28. The maximum Gasteiger partial charge on any atom is 0.270 e. The number of nitro benzene ring substituents is 1. The predicted octanol–water partition coefficient (Wildman–Crippen LogP) is 2.81. The fourth-order valence-corrected chi connectivity index (χ4v) is 1.93. The van der Waals surface area contributed by atoms with Gasteiger partial charge in [0.15, 0.2) is 0 Å². The highest BCUT2D eigenvalue weighted by Gasteiger charge is 2.14. The molecule has 0 unspecified atom stereocenters. The van der Waals surface area contributed by atoms with Crippen LogP contribution in [0.15, 0.2) is 30.9 Å². The fraction of sp³-hybridized carbons (Fsp3) is 0.167. The molecule has 1 aromatic heterocycles. The van der Waals surface area contributed by atoms with E-state index in [0.717, 1.165) is 0 Å². The minimum atomic E-state index is -0.453. The molecule has 0 atom stereocenters. The molecule has 6 nitrogen and oxygen atoms in total. The van der Waals surface area contributed by atoms with Gasteiger partial charge >= 0.3 is 0 Å². The van der Waals surface area contributed by atoms with Crippen LogP contribution in [0.25, 0.3) is 10.9 Å². The van der Waals surface area contributed by atoms with Crippen molar-refractivity contribution in [2.75, 3.05) is 18.5 Å². The van der Waals surface area contributed by atoms with Crippen molar-refractivity contribution in [1.29, 1.82) is 0 Å². The summed E-state index contributed by atoms with van der Waals surface area (Å²) in [6, 6.07) is 4.40. The number of non-ortho nitro benzene ring substituents is 1. The summed E-state index contributed by atoms with van der Waals surface area (Å²) in [6.07, 6.45) is 1.71. The van der Waals surface area contributed by atoms with Crippen LogP contribution in [-0.4, -0.2) is 28.5 Å². The normalized spacial score (nSPS) is 10.4. The van der Waals surface area contributed by atoms with E-state index >= 15 is 0 Å². The molecule has 1 heterocycles. The summed E-state index contributed by atoms with van der Waals surface area (Å²) in [6.45, 7) is 4.19. The third-order valence-electron chi connectivity index (χ3n) is 2.61. The van der Waals surface area contributed by atoms with Crippen molar-refractivity contribution < 1.29 is 4.92 Å². The Bertz CT molecular complexity index is 659. The standard InChI is InChI=1S/C12H11ClN4O2/c1-3-6-16(2)11-9-7-8(17(18)19)4-5-10(9)14-12(13)15-11/h3-5,7H,1,6H2,2H3. The smallest absolute Gasteiger partial charge is 0.270 e. The van der Waals surface area contributed by atoms with Crippen molar-refractivity contribution in [1.82, 2.24) is 9.97 Å². The van der Waals surface area contributed by atoms with Gasteiger partial charge in [0.2, 0.25) is 5.28 Å². The number of aromatic nitrogens is 2. The number of halogens is 1. The quantitative estimate of drug-likeness (QED) is 0.372. The van der Waals surface area contributed by atoms with E-state index in [-0.39, 0.29) is 11.0 Å². The molecule has 0 N–H and O–H groups in total. The molecule has 0 fully saturated rings. The minimum absolute atomic E-state index is 0.00771. The third kappa shape index (κ3) is 2.63. The monoisotopic (exact) mass is 278 g/mol. The number of hydrogen-bond donors (Lipinski definition) is 0. The maximum atomic E-state index is 10.8. The van der Waals surface area contributed by atoms with Gasteiger partial charge in [-0.1, -0.05) is 6.08 Å². The number of fused-ring (bicyclic) bond motifs is 1. The Morgan fingerprint density at radius 2 is 2.26 bits per heavy atom. The molecule has 19 heavy (non-hydrogen) atoms. The summed E-state index contributed by atoms with van der Waals surface area (Å²) < 4.78 is 0. The first-order chi connectivity index (χ1) is 9.02. The van der Waals surface area contributed by atoms with Crippen molar-refractivity contribution in [3.8, 4) is 0 Å². The molecule has 0 radical (unpaired) electrons. The number of rotatable bonds is 4. The minimum Gasteiger partial charge on any atom is -0.355 e. The van der Waals surface area contributed by atoms with E-state index in [2.05, 4.69) is 16.5 Å². The summed E-state index contributed by atoms with van der Waals surface area (Å²) in [7, 11) is 1.80. The number of nitrogens with zero attached hydrogens (tertiary/aromatic N) is 4. The summed E-state index contributed by atoms with van der Waals surface area (Å²) in [5, 5.41) is 11.5. The van der Waals surface area contributed by atoms with E-state index in [0.29, 0.717) is 23.3 Å². The van der Waals surface area contributed by atoms with Crippen molar-refractivity contribution >= 4 is 34.0 Å². The molecule has 1 aromatic carbocycles. The molecule has 0 aliphatic carbocycles. The zero-order chi connectivity index (χ0) is 14.0. The van der Waals surface area contributed by atoms with Gasteiger partial charge in [-0.3, -0.25) is 10.1 Å². The Morgan fingerprint density at radius 3 is 2.89 bits per heavy atom. The molecule has 2 aromatic rings. The van der Waals surface area contributed by atoms with Gasteiger partial charge in [-0.05, 0) is 17.7 Å². The molecular weight excluding hydrogens is 268 g/mol. The summed E-state index contributed by atoms with van der Waals surface area (Å²) >= 11 is 5.86. The third-order valence-corrected chi connectivity index (χ3v) is 2.78. The highest BCUT2D eigenvalue weighted by atomic mass is 35.5.